The molecule has 0 atom stereocenters. The first-order valence-corrected chi connectivity index (χ1v) is 14.3. The van der Waals surface area contributed by atoms with E-state index in [-0.39, 0.29) is 0 Å². The number of rotatable bonds is 4. The predicted octanol–water partition coefficient (Wildman–Crippen LogP) is 11.6. The van der Waals surface area contributed by atoms with Gasteiger partial charge >= 0.3 is 0 Å². The van der Waals surface area contributed by atoms with Crippen LogP contribution in [-0.2, 0) is 0 Å². The summed E-state index contributed by atoms with van der Waals surface area (Å²) in [6.07, 6.45) is 0. The monoisotopic (exact) mass is 536 g/mol. The lowest BCUT2D eigenvalue weighted by Gasteiger charge is -2.21. The number of hydrogen-bond donors (Lipinski definition) is 0. The molecule has 196 valence electrons. The van der Waals surface area contributed by atoms with Crippen LogP contribution in [0.2, 0.25) is 0 Å². The molecule has 0 unspecified atom stereocenters. The van der Waals surface area contributed by atoms with E-state index in [1.807, 2.05) is 60.7 Å². The maximum Gasteiger partial charge on any atom is 0.135 e. The van der Waals surface area contributed by atoms with Crippen molar-refractivity contribution in [3.63, 3.8) is 0 Å². The van der Waals surface area contributed by atoms with E-state index < -0.39 is 0 Å². The van der Waals surface area contributed by atoms with E-state index in [2.05, 4.69) is 84.9 Å². The van der Waals surface area contributed by atoms with Crippen molar-refractivity contribution in [1.82, 2.24) is 0 Å². The zero-order chi connectivity index (χ0) is 27.6. The Hall–Kier alpha value is -5.60. The highest BCUT2D eigenvalue weighted by Gasteiger charge is 2.21. The van der Waals surface area contributed by atoms with E-state index >= 15 is 0 Å². The Morgan fingerprint density at radius 1 is 0.286 bits per heavy atom. The Morgan fingerprint density at radius 2 is 0.667 bits per heavy atom. The molecule has 0 fully saturated rings. The normalized spacial score (nSPS) is 11.8. The molecule has 0 bridgehead atoms. The van der Waals surface area contributed by atoms with Gasteiger partial charge in [-0.2, -0.15) is 0 Å². The maximum absolute atomic E-state index is 6.53. The molecule has 9 aromatic carbocycles. The van der Waals surface area contributed by atoms with Gasteiger partial charge in [-0.15, -0.1) is 0 Å². The first-order valence-electron chi connectivity index (χ1n) is 14.3. The first kappa shape index (κ1) is 23.1. The molecule has 0 N–H and O–H groups in total. The van der Waals surface area contributed by atoms with Crippen molar-refractivity contribution in [2.24, 2.45) is 0 Å². The topological polar surface area (TPSA) is 18.5 Å². The third-order valence-corrected chi connectivity index (χ3v) is 8.45. The largest absolute Gasteiger partial charge is 0.457 e. The molecule has 0 aromatic heterocycles. The quantitative estimate of drug-likeness (QED) is 0.164. The minimum absolute atomic E-state index is 0.828. The minimum atomic E-state index is 0.828. The fraction of sp³-hybridized carbons (Fsp3) is 0. The smallest absolute Gasteiger partial charge is 0.135 e. The Kier molecular flexibility index (Phi) is 4.93. The Morgan fingerprint density at radius 3 is 1.12 bits per heavy atom. The second kappa shape index (κ2) is 8.95. The number of para-hydroxylation sites is 2. The molecule has 0 aliphatic heterocycles. The zero-order valence-electron chi connectivity index (χ0n) is 22.7. The van der Waals surface area contributed by atoms with Crippen LogP contribution >= 0.6 is 0 Å². The van der Waals surface area contributed by atoms with Crippen molar-refractivity contribution >= 4 is 64.6 Å². The molecule has 9 rings (SSSR count). The molecule has 0 amide bonds. The van der Waals surface area contributed by atoms with E-state index in [9.17, 15) is 0 Å². The predicted molar refractivity (Wildman–Crippen MR) is 176 cm³/mol. The highest BCUT2D eigenvalue weighted by molar-refractivity contribution is 6.42. The molecule has 0 aliphatic carbocycles. The summed E-state index contributed by atoms with van der Waals surface area (Å²) in [5, 5.41) is 14.5. The summed E-state index contributed by atoms with van der Waals surface area (Å²) in [4.78, 5) is 0. The third-order valence-electron chi connectivity index (χ3n) is 8.45. The van der Waals surface area contributed by atoms with Gasteiger partial charge in [-0.1, -0.05) is 84.9 Å². The summed E-state index contributed by atoms with van der Waals surface area (Å²) in [5.74, 6) is 3.37. The van der Waals surface area contributed by atoms with Gasteiger partial charge in [0, 0.05) is 21.5 Å². The van der Waals surface area contributed by atoms with E-state index in [1.165, 1.54) is 53.9 Å². The third kappa shape index (κ3) is 3.39. The van der Waals surface area contributed by atoms with Crippen molar-refractivity contribution in [2.75, 3.05) is 0 Å². The molecule has 0 radical (unpaired) electrons. The molecule has 0 aliphatic rings. The van der Waals surface area contributed by atoms with Gasteiger partial charge in [0.25, 0.3) is 0 Å². The van der Waals surface area contributed by atoms with Gasteiger partial charge in [0.2, 0.25) is 0 Å². The van der Waals surface area contributed by atoms with Crippen molar-refractivity contribution in [1.29, 1.82) is 0 Å². The van der Waals surface area contributed by atoms with Gasteiger partial charge in [-0.05, 0) is 104 Å². The van der Waals surface area contributed by atoms with Gasteiger partial charge in [0.1, 0.15) is 23.0 Å². The number of hydrogen-bond acceptors (Lipinski definition) is 2. The summed E-state index contributed by atoms with van der Waals surface area (Å²) in [5.41, 5.74) is 0. The summed E-state index contributed by atoms with van der Waals surface area (Å²) in [6.45, 7) is 0. The second-order valence-electron chi connectivity index (χ2n) is 10.8. The molecule has 9 aromatic rings. The van der Waals surface area contributed by atoms with E-state index in [0.717, 1.165) is 33.8 Å². The van der Waals surface area contributed by atoms with E-state index in [0.29, 0.717) is 0 Å². The van der Waals surface area contributed by atoms with E-state index in [1.54, 1.807) is 0 Å². The van der Waals surface area contributed by atoms with Crippen molar-refractivity contribution in [2.45, 2.75) is 0 Å². The number of ether oxygens (including phenoxy) is 2. The molecule has 0 spiro atoms. The average molecular weight is 537 g/mol. The van der Waals surface area contributed by atoms with Crippen LogP contribution in [0.4, 0.5) is 0 Å². The van der Waals surface area contributed by atoms with Crippen molar-refractivity contribution < 1.29 is 9.47 Å². The molecular weight excluding hydrogens is 512 g/mol. The number of benzene rings is 9. The second-order valence-corrected chi connectivity index (χ2v) is 10.8. The number of fused-ring (bicyclic) bond motifs is 6. The van der Waals surface area contributed by atoms with Crippen molar-refractivity contribution in [3.05, 3.63) is 146 Å². The highest BCUT2D eigenvalue weighted by atomic mass is 16.5. The van der Waals surface area contributed by atoms with Gasteiger partial charge in [0.15, 0.2) is 0 Å². The van der Waals surface area contributed by atoms with Gasteiger partial charge in [0.05, 0.1) is 0 Å². The minimum Gasteiger partial charge on any atom is -0.457 e. The molecule has 2 heteroatoms. The lowest BCUT2D eigenvalue weighted by Crippen LogP contribution is -1.94. The average Bonchev–Trinajstić information content (AvgIpc) is 3.05. The fourth-order valence-electron chi connectivity index (χ4n) is 6.69. The molecular formula is C40H24O2. The van der Waals surface area contributed by atoms with Crippen LogP contribution in [-0.4, -0.2) is 0 Å². The van der Waals surface area contributed by atoms with Crippen LogP contribution in [0.1, 0.15) is 0 Å². The first-order chi connectivity index (χ1) is 20.8. The van der Waals surface area contributed by atoms with Crippen LogP contribution in [0, 0.1) is 0 Å². The highest BCUT2D eigenvalue weighted by Crippen LogP contribution is 2.50. The van der Waals surface area contributed by atoms with Crippen molar-refractivity contribution in [3.8, 4) is 23.0 Å². The lowest BCUT2D eigenvalue weighted by atomic mass is 9.84. The van der Waals surface area contributed by atoms with Crippen LogP contribution in [0.5, 0.6) is 23.0 Å². The van der Waals surface area contributed by atoms with Crippen LogP contribution < -0.4 is 9.47 Å². The summed E-state index contributed by atoms with van der Waals surface area (Å²) in [7, 11) is 0. The zero-order valence-corrected chi connectivity index (χ0v) is 22.7. The molecule has 0 heterocycles. The summed E-state index contributed by atoms with van der Waals surface area (Å²) < 4.78 is 13.1. The van der Waals surface area contributed by atoms with Crippen LogP contribution in [0.3, 0.4) is 0 Å². The van der Waals surface area contributed by atoms with Gasteiger partial charge in [-0.25, -0.2) is 0 Å². The van der Waals surface area contributed by atoms with Crippen LogP contribution in [0.25, 0.3) is 64.6 Å². The Labute approximate surface area is 242 Å². The van der Waals surface area contributed by atoms with Crippen LogP contribution in [0.15, 0.2) is 146 Å². The molecule has 0 saturated carbocycles. The van der Waals surface area contributed by atoms with E-state index in [4.69, 9.17) is 9.47 Å². The Balaban J connectivity index is 1.48. The molecule has 42 heavy (non-hydrogen) atoms. The van der Waals surface area contributed by atoms with Gasteiger partial charge < -0.3 is 9.47 Å². The SMILES string of the molecule is c1ccc(Oc2ccc3c4c2cc2ccccc2c4c2ccc(Oc4ccccc4)c4cc5ccccc5c3c42)cc1. The molecule has 0 saturated heterocycles. The maximum atomic E-state index is 6.53. The van der Waals surface area contributed by atoms with Gasteiger partial charge in [-0.3, -0.25) is 0 Å². The molecule has 2 nitrogen and oxygen atoms in total. The fourth-order valence-corrected chi connectivity index (χ4v) is 6.69. The Bertz CT molecular complexity index is 2270. The lowest BCUT2D eigenvalue weighted by molar-refractivity contribution is 0.488. The summed E-state index contributed by atoms with van der Waals surface area (Å²) in [6, 6.07) is 50.8. The standard InChI is InChI=1S/C40H24O2/c1-3-13-27(14-4-1)41-35-21-19-31-38-30-18-10-8-12-26(30)24-34-36(42-28-15-5-2-6-16-28)22-20-32(40(34)38)37-29-17-9-7-11-25(29)23-33(35)39(31)37/h1-24H. The summed E-state index contributed by atoms with van der Waals surface area (Å²) >= 11 is 0.